The van der Waals surface area contributed by atoms with Gasteiger partial charge in [-0.2, -0.15) is 0 Å². The number of nitrogens with zero attached hydrogens (tertiary/aromatic N) is 3. The van der Waals surface area contributed by atoms with E-state index in [9.17, 15) is 0 Å². The normalized spacial score (nSPS) is 11.8. The predicted molar refractivity (Wildman–Crippen MR) is 199 cm³/mol. The van der Waals surface area contributed by atoms with Crippen LogP contribution >= 0.6 is 11.3 Å². The van der Waals surface area contributed by atoms with Gasteiger partial charge in [0.2, 0.25) is 0 Å². The van der Waals surface area contributed by atoms with Crippen molar-refractivity contribution in [3.05, 3.63) is 152 Å². The molecule has 0 aliphatic carbocycles. The Bertz CT molecular complexity index is 2780. The standard InChI is InChI=1S/C43H25N3OS/c1-3-10-26(11-4-1)41-44-42(27-12-5-2-6-13-27)46-43(45-41)34-15-9-16-36-40(34)33-21-20-29(24-37(33)47-36)28-18-19-30-25-39-35(23-31(30)22-28)32-14-7-8-17-38(32)48-39/h1-25H. The minimum absolute atomic E-state index is 0.613. The van der Waals surface area contributed by atoms with Gasteiger partial charge in [-0.15, -0.1) is 11.3 Å². The van der Waals surface area contributed by atoms with Gasteiger partial charge in [-0.05, 0) is 64.4 Å². The van der Waals surface area contributed by atoms with E-state index in [4.69, 9.17) is 19.4 Å². The zero-order valence-electron chi connectivity index (χ0n) is 25.6. The third-order valence-electron chi connectivity index (χ3n) is 9.11. The number of fused-ring (bicyclic) bond motifs is 7. The summed E-state index contributed by atoms with van der Waals surface area (Å²) in [5.41, 5.74) is 6.68. The molecule has 0 amide bonds. The molecule has 0 atom stereocenters. The first kappa shape index (κ1) is 27.0. The quantitative estimate of drug-likeness (QED) is 0.194. The van der Waals surface area contributed by atoms with Crippen molar-refractivity contribution in [1.82, 2.24) is 15.0 Å². The van der Waals surface area contributed by atoms with Crippen molar-refractivity contribution in [1.29, 1.82) is 0 Å². The molecule has 10 aromatic rings. The summed E-state index contributed by atoms with van der Waals surface area (Å²) in [5.74, 6) is 1.88. The number of thiophene rings is 1. The van der Waals surface area contributed by atoms with Crippen LogP contribution in [0.2, 0.25) is 0 Å². The molecule has 0 fully saturated rings. The largest absolute Gasteiger partial charge is 0.456 e. The molecule has 3 heterocycles. The summed E-state index contributed by atoms with van der Waals surface area (Å²) in [6.45, 7) is 0. The van der Waals surface area contributed by atoms with Crippen molar-refractivity contribution in [2.45, 2.75) is 0 Å². The second kappa shape index (κ2) is 10.7. The number of rotatable bonds is 4. The second-order valence-electron chi connectivity index (χ2n) is 12.0. The number of hydrogen-bond acceptors (Lipinski definition) is 5. The van der Waals surface area contributed by atoms with E-state index in [1.54, 1.807) is 0 Å². The van der Waals surface area contributed by atoms with Gasteiger partial charge in [-0.3, -0.25) is 0 Å². The summed E-state index contributed by atoms with van der Waals surface area (Å²) in [6.07, 6.45) is 0. The van der Waals surface area contributed by atoms with Gasteiger partial charge in [0.05, 0.1) is 0 Å². The zero-order valence-corrected chi connectivity index (χ0v) is 26.4. The molecule has 0 saturated heterocycles. The van der Waals surface area contributed by atoms with Crippen molar-refractivity contribution < 1.29 is 4.42 Å². The van der Waals surface area contributed by atoms with E-state index < -0.39 is 0 Å². The molecular formula is C43H25N3OS. The average molecular weight is 632 g/mol. The molecule has 0 spiro atoms. The third kappa shape index (κ3) is 4.40. The lowest BCUT2D eigenvalue weighted by molar-refractivity contribution is 0.669. The van der Waals surface area contributed by atoms with Crippen LogP contribution < -0.4 is 0 Å². The molecule has 3 aromatic heterocycles. The maximum atomic E-state index is 6.52. The van der Waals surface area contributed by atoms with Crippen LogP contribution in [0.25, 0.3) is 98.2 Å². The van der Waals surface area contributed by atoms with Crippen molar-refractivity contribution in [2.75, 3.05) is 0 Å². The molecular weight excluding hydrogens is 607 g/mol. The lowest BCUT2D eigenvalue weighted by Crippen LogP contribution is -2.00. The first-order valence-electron chi connectivity index (χ1n) is 15.9. The van der Waals surface area contributed by atoms with Gasteiger partial charge >= 0.3 is 0 Å². The Morgan fingerprint density at radius 2 is 1.08 bits per heavy atom. The monoisotopic (exact) mass is 631 g/mol. The molecule has 0 radical (unpaired) electrons. The number of hydrogen-bond donors (Lipinski definition) is 0. The van der Waals surface area contributed by atoms with Crippen LogP contribution in [0.3, 0.4) is 0 Å². The molecule has 0 saturated carbocycles. The molecule has 4 nitrogen and oxygen atoms in total. The van der Waals surface area contributed by atoms with Crippen LogP contribution in [-0.2, 0) is 0 Å². The number of benzene rings is 7. The van der Waals surface area contributed by atoms with Crippen molar-refractivity contribution in [3.63, 3.8) is 0 Å². The molecule has 224 valence electrons. The zero-order chi connectivity index (χ0) is 31.6. The van der Waals surface area contributed by atoms with Crippen LogP contribution in [0.4, 0.5) is 0 Å². The highest BCUT2D eigenvalue weighted by Gasteiger charge is 2.18. The summed E-state index contributed by atoms with van der Waals surface area (Å²) in [4.78, 5) is 14.9. The summed E-state index contributed by atoms with van der Waals surface area (Å²) >= 11 is 1.85. The van der Waals surface area contributed by atoms with Crippen molar-refractivity contribution >= 4 is 64.2 Å². The minimum Gasteiger partial charge on any atom is -0.456 e. The molecule has 0 N–H and O–H groups in total. The highest BCUT2D eigenvalue weighted by Crippen LogP contribution is 2.40. The van der Waals surface area contributed by atoms with Crippen LogP contribution in [0.1, 0.15) is 0 Å². The Hall–Kier alpha value is -6.17. The van der Waals surface area contributed by atoms with Gasteiger partial charge in [0.15, 0.2) is 17.5 Å². The minimum atomic E-state index is 0.613. The fourth-order valence-electron chi connectivity index (χ4n) is 6.77. The Kier molecular flexibility index (Phi) is 6.01. The first-order chi connectivity index (χ1) is 23.7. The molecule has 5 heteroatoms. The summed E-state index contributed by atoms with van der Waals surface area (Å²) in [5, 5.41) is 7.12. The summed E-state index contributed by atoms with van der Waals surface area (Å²) in [7, 11) is 0. The maximum absolute atomic E-state index is 6.52. The summed E-state index contributed by atoms with van der Waals surface area (Å²) in [6, 6.07) is 52.7. The van der Waals surface area contributed by atoms with E-state index in [-0.39, 0.29) is 0 Å². The first-order valence-corrected chi connectivity index (χ1v) is 16.7. The molecule has 10 rings (SSSR count). The van der Waals surface area contributed by atoms with Gasteiger partial charge in [0, 0.05) is 47.6 Å². The molecule has 0 aliphatic rings. The van der Waals surface area contributed by atoms with Crippen molar-refractivity contribution in [2.24, 2.45) is 0 Å². The second-order valence-corrected chi connectivity index (χ2v) is 13.1. The lowest BCUT2D eigenvalue weighted by Gasteiger charge is -2.09. The van der Waals surface area contributed by atoms with Crippen LogP contribution in [0.5, 0.6) is 0 Å². The van der Waals surface area contributed by atoms with E-state index in [2.05, 4.69) is 78.9 Å². The molecule has 7 aromatic carbocycles. The fourth-order valence-corrected chi connectivity index (χ4v) is 7.90. The molecule has 0 aliphatic heterocycles. The third-order valence-corrected chi connectivity index (χ3v) is 10.2. The lowest BCUT2D eigenvalue weighted by atomic mass is 9.98. The average Bonchev–Trinajstić information content (AvgIpc) is 3.71. The van der Waals surface area contributed by atoms with Gasteiger partial charge in [0.1, 0.15) is 11.2 Å². The van der Waals surface area contributed by atoms with E-state index in [0.29, 0.717) is 17.5 Å². The van der Waals surface area contributed by atoms with Crippen LogP contribution in [0.15, 0.2) is 156 Å². The topological polar surface area (TPSA) is 51.8 Å². The number of furan rings is 1. The van der Waals surface area contributed by atoms with E-state index >= 15 is 0 Å². The molecule has 48 heavy (non-hydrogen) atoms. The summed E-state index contributed by atoms with van der Waals surface area (Å²) < 4.78 is 9.16. The van der Waals surface area contributed by atoms with Crippen LogP contribution in [-0.4, -0.2) is 15.0 Å². The maximum Gasteiger partial charge on any atom is 0.164 e. The molecule has 0 unspecified atom stereocenters. The smallest absolute Gasteiger partial charge is 0.164 e. The highest BCUT2D eigenvalue weighted by molar-refractivity contribution is 7.25. The van der Waals surface area contributed by atoms with Crippen LogP contribution in [0, 0.1) is 0 Å². The molecule has 0 bridgehead atoms. The van der Waals surface area contributed by atoms with Gasteiger partial charge in [-0.25, -0.2) is 15.0 Å². The van der Waals surface area contributed by atoms with Gasteiger partial charge < -0.3 is 4.42 Å². The van der Waals surface area contributed by atoms with Gasteiger partial charge in [-0.1, -0.05) is 109 Å². The Morgan fingerprint density at radius 3 is 1.88 bits per heavy atom. The van der Waals surface area contributed by atoms with E-state index in [1.807, 2.05) is 84.1 Å². The SMILES string of the molecule is c1ccc(-c2nc(-c3ccccc3)nc(-c3cccc4oc5cc(-c6ccc7cc8sc9ccccc9c8cc7c6)ccc5c34)n2)cc1. The fraction of sp³-hybridized carbons (Fsp3) is 0. The predicted octanol–water partition coefficient (Wildman–Crippen LogP) is 12.0. The van der Waals surface area contributed by atoms with Crippen molar-refractivity contribution in [3.8, 4) is 45.3 Å². The highest BCUT2D eigenvalue weighted by atomic mass is 32.1. The Balaban J connectivity index is 1.11. The Labute approximate surface area is 279 Å². The van der Waals surface area contributed by atoms with E-state index in [1.165, 1.54) is 30.9 Å². The van der Waals surface area contributed by atoms with Gasteiger partial charge in [0.25, 0.3) is 0 Å². The number of aromatic nitrogens is 3. The van der Waals surface area contributed by atoms with E-state index in [0.717, 1.165) is 49.8 Å². The Morgan fingerprint density at radius 1 is 0.396 bits per heavy atom.